The van der Waals surface area contributed by atoms with E-state index in [1.54, 1.807) is 38.1 Å². The molecule has 3 atom stereocenters. The fraction of sp³-hybridized carbons (Fsp3) is 0.467. The number of anilines is 1. The largest absolute Gasteiger partial charge is 0.505 e. The zero-order valence-electron chi connectivity index (χ0n) is 23.7. The fourth-order valence-electron chi connectivity index (χ4n) is 5.56. The molecule has 1 heterocycles. The normalized spacial score (nSPS) is 18.5. The number of carbonyl (C=O) groups is 1. The van der Waals surface area contributed by atoms with Gasteiger partial charge in [0.25, 0.3) is 5.56 Å². The second-order valence-corrected chi connectivity index (χ2v) is 10.8. The lowest BCUT2D eigenvalue weighted by Crippen LogP contribution is -2.47. The van der Waals surface area contributed by atoms with E-state index in [2.05, 4.69) is 10.4 Å². The Morgan fingerprint density at radius 3 is 2.48 bits per heavy atom. The number of aryl methyl sites for hydroxylation is 3. The highest BCUT2D eigenvalue weighted by Gasteiger charge is 2.64. The van der Waals surface area contributed by atoms with E-state index in [0.29, 0.717) is 31.2 Å². The van der Waals surface area contributed by atoms with Gasteiger partial charge in [-0.2, -0.15) is 22.0 Å². The van der Waals surface area contributed by atoms with Crippen molar-refractivity contribution >= 4 is 11.7 Å². The first-order valence-corrected chi connectivity index (χ1v) is 13.8. The number of aromatic hydroxyl groups is 1. The SMILES string of the molecule is CCOC(=O)C1CCCC(c2cccc(NC(c3c(C)[nH]n(-c4ccc(C)c(C)c4)c3=O)C(F)(F)C(F)(F)F)c2O)C1. The number of rotatable bonds is 8. The Bertz CT molecular complexity index is 1510. The number of hydrogen-bond donors (Lipinski definition) is 3. The predicted octanol–water partition coefficient (Wildman–Crippen LogP) is 6.98. The number of hydrogen-bond acceptors (Lipinski definition) is 5. The van der Waals surface area contributed by atoms with Crippen LogP contribution in [0.5, 0.6) is 5.75 Å². The number of nitrogens with one attached hydrogen (secondary N) is 2. The summed E-state index contributed by atoms with van der Waals surface area (Å²) in [6, 6.07) is 6.15. The molecule has 0 aliphatic heterocycles. The highest BCUT2D eigenvalue weighted by atomic mass is 19.4. The lowest BCUT2D eigenvalue weighted by Gasteiger charge is -2.31. The molecular weight excluding hydrogens is 561 g/mol. The van der Waals surface area contributed by atoms with Gasteiger partial charge in [0, 0.05) is 5.69 Å². The summed E-state index contributed by atoms with van der Waals surface area (Å²) in [5, 5.41) is 15.9. The highest BCUT2D eigenvalue weighted by Crippen LogP contribution is 2.48. The van der Waals surface area contributed by atoms with Crippen LogP contribution in [-0.4, -0.2) is 39.6 Å². The Morgan fingerprint density at radius 2 is 1.83 bits per heavy atom. The minimum atomic E-state index is -6.02. The summed E-state index contributed by atoms with van der Waals surface area (Å²) >= 11 is 0. The second-order valence-electron chi connectivity index (χ2n) is 10.8. The van der Waals surface area contributed by atoms with Crippen molar-refractivity contribution in [2.24, 2.45) is 5.92 Å². The molecule has 42 heavy (non-hydrogen) atoms. The van der Waals surface area contributed by atoms with Crippen molar-refractivity contribution < 1.29 is 36.6 Å². The summed E-state index contributed by atoms with van der Waals surface area (Å²) in [5.74, 6) is -7.06. The number of ether oxygens (including phenoxy) is 1. The minimum Gasteiger partial charge on any atom is -0.505 e. The van der Waals surface area contributed by atoms with Gasteiger partial charge in [-0.3, -0.25) is 14.7 Å². The van der Waals surface area contributed by atoms with Crippen LogP contribution in [0.15, 0.2) is 41.2 Å². The van der Waals surface area contributed by atoms with E-state index < -0.39 is 46.6 Å². The number of aromatic amines is 1. The van der Waals surface area contributed by atoms with Gasteiger partial charge < -0.3 is 15.2 Å². The summed E-state index contributed by atoms with van der Waals surface area (Å²) in [6.45, 7) is 6.75. The van der Waals surface area contributed by atoms with Crippen LogP contribution in [0.3, 0.4) is 0 Å². The molecule has 1 saturated carbocycles. The van der Waals surface area contributed by atoms with Gasteiger partial charge in [0.15, 0.2) is 0 Å². The molecule has 0 bridgehead atoms. The molecule has 1 fully saturated rings. The number of alkyl halides is 5. The molecule has 3 aromatic rings. The molecule has 1 aliphatic carbocycles. The van der Waals surface area contributed by atoms with Gasteiger partial charge in [-0.1, -0.05) is 24.6 Å². The van der Waals surface area contributed by atoms with Gasteiger partial charge in [0.05, 0.1) is 29.5 Å². The van der Waals surface area contributed by atoms with Gasteiger partial charge >= 0.3 is 18.1 Å². The van der Waals surface area contributed by atoms with Crippen LogP contribution in [0.25, 0.3) is 5.69 Å². The summed E-state index contributed by atoms with van der Waals surface area (Å²) in [5.41, 5.74) is -0.222. The Balaban J connectivity index is 1.76. The van der Waals surface area contributed by atoms with Gasteiger partial charge in [-0.05, 0) is 87.8 Å². The Labute approximate surface area is 239 Å². The van der Waals surface area contributed by atoms with Crippen LogP contribution < -0.4 is 10.9 Å². The zero-order valence-corrected chi connectivity index (χ0v) is 23.7. The summed E-state index contributed by atoms with van der Waals surface area (Å²) in [4.78, 5) is 25.7. The van der Waals surface area contributed by atoms with E-state index in [1.807, 2.05) is 6.92 Å². The van der Waals surface area contributed by atoms with Crippen LogP contribution in [0, 0.1) is 26.7 Å². The number of phenols is 1. The Morgan fingerprint density at radius 1 is 1.12 bits per heavy atom. The molecule has 0 radical (unpaired) electrons. The molecule has 2 aromatic carbocycles. The van der Waals surface area contributed by atoms with Crippen molar-refractivity contribution in [3.8, 4) is 11.4 Å². The number of para-hydroxylation sites is 1. The standard InChI is InChI=1S/C30H34F5N3O4/c1-5-42-28(41)20-9-6-8-19(15-20)22-10-7-11-23(25(22)39)36-26(29(31,32)30(33,34)35)24-18(4)37-38(27(24)40)21-13-12-16(2)17(3)14-21/h7,10-14,19-20,26,36-37,39H,5-6,8-9,15H2,1-4H3. The average Bonchev–Trinajstić information content (AvgIpc) is 3.22. The van der Waals surface area contributed by atoms with Crippen LogP contribution >= 0.6 is 0 Å². The Kier molecular flexibility index (Phi) is 8.75. The molecule has 0 spiro atoms. The number of carbonyl (C=O) groups excluding carboxylic acids is 1. The number of aromatic nitrogens is 2. The fourth-order valence-corrected chi connectivity index (χ4v) is 5.56. The zero-order chi connectivity index (χ0) is 31.0. The van der Waals surface area contributed by atoms with Crippen molar-refractivity contribution in [3.63, 3.8) is 0 Å². The van der Waals surface area contributed by atoms with E-state index in [1.165, 1.54) is 19.1 Å². The Hall–Kier alpha value is -3.83. The third kappa shape index (κ3) is 5.89. The number of phenolic OH excluding ortho intramolecular Hbond substituents is 1. The molecule has 4 rings (SSSR count). The molecule has 1 aromatic heterocycles. The first-order chi connectivity index (χ1) is 19.7. The molecular formula is C30H34F5N3O4. The van der Waals surface area contributed by atoms with Crippen LogP contribution in [0.4, 0.5) is 27.6 Å². The number of nitrogens with zero attached hydrogens (tertiary/aromatic N) is 1. The molecule has 7 nitrogen and oxygen atoms in total. The summed E-state index contributed by atoms with van der Waals surface area (Å²) in [6.07, 6.45) is -3.88. The van der Waals surface area contributed by atoms with Gasteiger partial charge in [0.1, 0.15) is 11.8 Å². The third-order valence-corrected chi connectivity index (χ3v) is 8.00. The predicted molar refractivity (Wildman–Crippen MR) is 147 cm³/mol. The van der Waals surface area contributed by atoms with Crippen LogP contribution in [0.2, 0.25) is 0 Å². The molecule has 228 valence electrons. The van der Waals surface area contributed by atoms with Crippen molar-refractivity contribution in [1.29, 1.82) is 0 Å². The summed E-state index contributed by atoms with van der Waals surface area (Å²) < 4.78 is 77.8. The number of benzene rings is 2. The third-order valence-electron chi connectivity index (χ3n) is 8.00. The van der Waals surface area contributed by atoms with E-state index in [0.717, 1.165) is 15.8 Å². The maximum Gasteiger partial charge on any atom is 0.455 e. The van der Waals surface area contributed by atoms with E-state index in [4.69, 9.17) is 4.74 Å². The van der Waals surface area contributed by atoms with Crippen molar-refractivity contribution in [2.75, 3.05) is 11.9 Å². The van der Waals surface area contributed by atoms with Crippen molar-refractivity contribution in [2.45, 2.75) is 77.4 Å². The lowest BCUT2D eigenvalue weighted by molar-refractivity contribution is -0.288. The maximum atomic E-state index is 15.2. The average molecular weight is 596 g/mol. The molecule has 3 unspecified atom stereocenters. The first kappa shape index (κ1) is 31.1. The molecule has 12 heteroatoms. The molecule has 0 saturated heterocycles. The molecule has 1 aliphatic rings. The van der Waals surface area contributed by atoms with Crippen LogP contribution in [-0.2, 0) is 9.53 Å². The number of H-pyrrole nitrogens is 1. The topological polar surface area (TPSA) is 96.4 Å². The van der Waals surface area contributed by atoms with E-state index >= 15 is 8.78 Å². The molecule has 0 amide bonds. The number of halogens is 5. The minimum absolute atomic E-state index is 0.195. The highest BCUT2D eigenvalue weighted by molar-refractivity contribution is 5.73. The smallest absolute Gasteiger partial charge is 0.455 e. The van der Waals surface area contributed by atoms with E-state index in [-0.39, 0.29) is 29.9 Å². The van der Waals surface area contributed by atoms with E-state index in [9.17, 15) is 27.9 Å². The molecule has 3 N–H and O–H groups in total. The summed E-state index contributed by atoms with van der Waals surface area (Å²) in [7, 11) is 0. The lowest BCUT2D eigenvalue weighted by atomic mass is 9.77. The van der Waals surface area contributed by atoms with Crippen molar-refractivity contribution in [3.05, 3.63) is 74.7 Å². The number of esters is 1. The maximum absolute atomic E-state index is 15.2. The van der Waals surface area contributed by atoms with Gasteiger partial charge in [-0.15, -0.1) is 0 Å². The quantitative estimate of drug-likeness (QED) is 0.148. The first-order valence-electron chi connectivity index (χ1n) is 13.8. The van der Waals surface area contributed by atoms with Crippen LogP contribution in [0.1, 0.15) is 72.5 Å². The monoisotopic (exact) mass is 595 g/mol. The van der Waals surface area contributed by atoms with Crippen molar-refractivity contribution in [1.82, 2.24) is 9.78 Å². The van der Waals surface area contributed by atoms with Gasteiger partial charge in [-0.25, -0.2) is 4.68 Å². The second kappa shape index (κ2) is 11.8. The van der Waals surface area contributed by atoms with Gasteiger partial charge in [0.2, 0.25) is 0 Å².